The van der Waals surface area contributed by atoms with Gasteiger partial charge >= 0.3 is 0 Å². The molecule has 70 valence electrons. The predicted octanol–water partition coefficient (Wildman–Crippen LogP) is 3.08. The van der Waals surface area contributed by atoms with Crippen molar-refractivity contribution in [3.8, 4) is 0 Å². The van der Waals surface area contributed by atoms with Crippen LogP contribution < -0.4 is 5.32 Å². The number of hydrogen-bond donors (Lipinski definition) is 1. The van der Waals surface area contributed by atoms with E-state index in [0.29, 0.717) is 23.0 Å². The molecule has 0 aromatic heterocycles. The maximum Gasteiger partial charge on any atom is 0.0432 e. The van der Waals surface area contributed by atoms with Crippen LogP contribution in [0.15, 0.2) is 10.6 Å². The monoisotopic (exact) mass is 207 g/mol. The Kier molecular flexibility index (Phi) is 3.45. The first-order chi connectivity index (χ1) is 5.56. The van der Waals surface area contributed by atoms with Crippen LogP contribution in [0, 0.1) is 5.41 Å². The Morgan fingerprint density at radius 2 is 2.33 bits per heavy atom. The largest absolute Gasteiger partial charge is 0.308 e. The molecule has 12 heavy (non-hydrogen) atoms. The van der Waals surface area contributed by atoms with Crippen molar-refractivity contribution < 1.29 is 0 Å². The van der Waals surface area contributed by atoms with Crippen molar-refractivity contribution in [1.82, 2.24) is 5.32 Å². The molecule has 0 bridgehead atoms. The lowest BCUT2D eigenvalue weighted by Gasteiger charge is -2.45. The SMILES string of the molecule is CC1(C)CCC1NC/C(Cl)=C/Cl. The molecule has 0 heterocycles. The van der Waals surface area contributed by atoms with Gasteiger partial charge in [-0.1, -0.05) is 37.0 Å². The van der Waals surface area contributed by atoms with Crippen molar-refractivity contribution in [3.05, 3.63) is 10.6 Å². The molecule has 0 aliphatic heterocycles. The summed E-state index contributed by atoms with van der Waals surface area (Å²) in [6, 6.07) is 0.600. The summed E-state index contributed by atoms with van der Waals surface area (Å²) in [5, 5.41) is 4.06. The van der Waals surface area contributed by atoms with Gasteiger partial charge < -0.3 is 5.32 Å². The third-order valence-electron chi connectivity index (χ3n) is 2.66. The highest BCUT2D eigenvalue weighted by molar-refractivity contribution is 6.36. The van der Waals surface area contributed by atoms with Crippen molar-refractivity contribution in [2.45, 2.75) is 32.7 Å². The lowest BCUT2D eigenvalue weighted by atomic mass is 9.67. The van der Waals surface area contributed by atoms with Gasteiger partial charge in [0.1, 0.15) is 0 Å². The Hall–Kier alpha value is 0.280. The van der Waals surface area contributed by atoms with Crippen molar-refractivity contribution in [2.75, 3.05) is 6.54 Å². The van der Waals surface area contributed by atoms with Crippen LogP contribution in [-0.2, 0) is 0 Å². The van der Waals surface area contributed by atoms with Crippen molar-refractivity contribution in [2.24, 2.45) is 5.41 Å². The summed E-state index contributed by atoms with van der Waals surface area (Å²) in [5.41, 5.74) is 1.85. The van der Waals surface area contributed by atoms with Gasteiger partial charge in [-0.2, -0.15) is 0 Å². The van der Waals surface area contributed by atoms with Crippen LogP contribution in [0.2, 0.25) is 0 Å². The summed E-state index contributed by atoms with van der Waals surface area (Å²) >= 11 is 11.2. The first kappa shape index (κ1) is 10.4. The Labute approximate surface area is 84.1 Å². The molecule has 0 amide bonds. The standard InChI is InChI=1S/C9H15Cl2N/c1-9(2)4-3-8(9)12-6-7(11)5-10/h5,8,12H,3-4,6H2,1-2H3/b7-5-. The van der Waals surface area contributed by atoms with Crippen LogP contribution in [0.3, 0.4) is 0 Å². The quantitative estimate of drug-likeness (QED) is 0.751. The molecule has 1 nitrogen and oxygen atoms in total. The van der Waals surface area contributed by atoms with E-state index in [0.717, 1.165) is 0 Å². The van der Waals surface area contributed by atoms with Crippen LogP contribution >= 0.6 is 23.2 Å². The smallest absolute Gasteiger partial charge is 0.0432 e. The lowest BCUT2D eigenvalue weighted by molar-refractivity contribution is 0.113. The molecule has 0 aromatic carbocycles. The number of hydrogen-bond acceptors (Lipinski definition) is 1. The fourth-order valence-corrected chi connectivity index (χ4v) is 1.66. The average Bonchev–Trinajstić information content (AvgIpc) is 2.02. The molecular formula is C9H15Cl2N. The van der Waals surface area contributed by atoms with E-state index in [9.17, 15) is 0 Å². The molecule has 1 atom stereocenters. The summed E-state index contributed by atoms with van der Waals surface area (Å²) in [5.74, 6) is 0. The Bertz CT molecular complexity index is 187. The zero-order valence-electron chi connectivity index (χ0n) is 7.53. The molecular weight excluding hydrogens is 193 g/mol. The molecule has 0 spiro atoms. The number of rotatable bonds is 3. The van der Waals surface area contributed by atoms with E-state index < -0.39 is 0 Å². The van der Waals surface area contributed by atoms with E-state index >= 15 is 0 Å². The van der Waals surface area contributed by atoms with Crippen LogP contribution in [0.1, 0.15) is 26.7 Å². The molecule has 0 saturated heterocycles. The average molecular weight is 208 g/mol. The van der Waals surface area contributed by atoms with E-state index in [1.54, 1.807) is 0 Å². The fraction of sp³-hybridized carbons (Fsp3) is 0.778. The molecule has 0 radical (unpaired) electrons. The van der Waals surface area contributed by atoms with E-state index in [1.165, 1.54) is 18.4 Å². The molecule has 0 aromatic rings. The highest BCUT2D eigenvalue weighted by Gasteiger charge is 2.37. The summed E-state index contributed by atoms with van der Waals surface area (Å²) in [6.07, 6.45) is 2.55. The van der Waals surface area contributed by atoms with Gasteiger partial charge in [0.15, 0.2) is 0 Å². The maximum absolute atomic E-state index is 5.75. The van der Waals surface area contributed by atoms with E-state index in [-0.39, 0.29) is 0 Å². The minimum atomic E-state index is 0.434. The molecule has 1 N–H and O–H groups in total. The molecule has 3 heteroatoms. The van der Waals surface area contributed by atoms with Gasteiger partial charge in [0.25, 0.3) is 0 Å². The Balaban J connectivity index is 2.25. The molecule has 1 aliphatic carbocycles. The normalized spacial score (nSPS) is 28.3. The van der Waals surface area contributed by atoms with Gasteiger partial charge in [-0.05, 0) is 18.3 Å². The maximum atomic E-state index is 5.75. The number of nitrogens with one attached hydrogen (secondary N) is 1. The van der Waals surface area contributed by atoms with Gasteiger partial charge in [-0.15, -0.1) is 0 Å². The first-order valence-corrected chi connectivity index (χ1v) is 5.06. The summed E-state index contributed by atoms with van der Waals surface area (Å²) in [6.45, 7) is 5.23. The molecule has 1 saturated carbocycles. The van der Waals surface area contributed by atoms with Crippen molar-refractivity contribution in [3.63, 3.8) is 0 Å². The highest BCUT2D eigenvalue weighted by atomic mass is 35.5. The van der Waals surface area contributed by atoms with Crippen molar-refractivity contribution >= 4 is 23.2 Å². The zero-order chi connectivity index (χ0) is 9.19. The summed E-state index contributed by atoms with van der Waals surface area (Å²) in [4.78, 5) is 0. The minimum Gasteiger partial charge on any atom is -0.308 e. The van der Waals surface area contributed by atoms with Gasteiger partial charge in [0.05, 0.1) is 0 Å². The molecule has 1 aliphatic rings. The molecule has 1 unspecified atom stereocenters. The van der Waals surface area contributed by atoms with Crippen molar-refractivity contribution in [1.29, 1.82) is 0 Å². The van der Waals surface area contributed by atoms with E-state index in [1.807, 2.05) is 0 Å². The zero-order valence-corrected chi connectivity index (χ0v) is 9.04. The van der Waals surface area contributed by atoms with E-state index in [4.69, 9.17) is 23.2 Å². The third kappa shape index (κ3) is 2.38. The lowest BCUT2D eigenvalue weighted by Crippen LogP contribution is -2.50. The highest BCUT2D eigenvalue weighted by Crippen LogP contribution is 2.39. The number of halogens is 2. The predicted molar refractivity (Wildman–Crippen MR) is 54.6 cm³/mol. The van der Waals surface area contributed by atoms with Gasteiger partial charge in [0.2, 0.25) is 0 Å². The second kappa shape index (κ2) is 3.99. The summed E-state index contributed by atoms with van der Waals surface area (Å²) < 4.78 is 0. The summed E-state index contributed by atoms with van der Waals surface area (Å²) in [7, 11) is 0. The first-order valence-electron chi connectivity index (χ1n) is 4.24. The Morgan fingerprint density at radius 1 is 1.67 bits per heavy atom. The van der Waals surface area contributed by atoms with Gasteiger partial charge in [-0.3, -0.25) is 0 Å². The van der Waals surface area contributed by atoms with E-state index in [2.05, 4.69) is 19.2 Å². The van der Waals surface area contributed by atoms with Gasteiger partial charge in [0, 0.05) is 23.2 Å². The third-order valence-corrected chi connectivity index (χ3v) is 3.27. The topological polar surface area (TPSA) is 12.0 Å². The van der Waals surface area contributed by atoms with Crippen LogP contribution in [0.5, 0.6) is 0 Å². The molecule has 1 fully saturated rings. The van der Waals surface area contributed by atoms with Crippen LogP contribution in [-0.4, -0.2) is 12.6 Å². The van der Waals surface area contributed by atoms with Gasteiger partial charge in [-0.25, -0.2) is 0 Å². The van der Waals surface area contributed by atoms with Crippen LogP contribution in [0.25, 0.3) is 0 Å². The van der Waals surface area contributed by atoms with Crippen LogP contribution in [0.4, 0.5) is 0 Å². The second-order valence-corrected chi connectivity index (χ2v) is 4.72. The second-order valence-electron chi connectivity index (χ2n) is 4.02. The molecule has 1 rings (SSSR count). The Morgan fingerprint density at radius 3 is 2.67 bits per heavy atom. The fourth-order valence-electron chi connectivity index (χ4n) is 1.50. The minimum absolute atomic E-state index is 0.434.